The molecule has 0 aliphatic rings. The Labute approximate surface area is 122 Å². The van der Waals surface area contributed by atoms with Crippen molar-refractivity contribution in [2.45, 2.75) is 13.5 Å². The van der Waals surface area contributed by atoms with Crippen molar-refractivity contribution < 1.29 is 18.7 Å². The van der Waals surface area contributed by atoms with Gasteiger partial charge in [-0.05, 0) is 42.3 Å². The van der Waals surface area contributed by atoms with Gasteiger partial charge in [0.05, 0.1) is 12.7 Å². The van der Waals surface area contributed by atoms with Crippen LogP contribution in [0.25, 0.3) is 0 Å². The van der Waals surface area contributed by atoms with E-state index in [1.165, 1.54) is 31.4 Å². The minimum atomic E-state index is -0.538. The number of methoxy groups -OCH3 is 1. The molecule has 0 bridgehead atoms. The Morgan fingerprint density at radius 3 is 2.71 bits per heavy atom. The quantitative estimate of drug-likeness (QED) is 0.694. The van der Waals surface area contributed by atoms with Crippen LogP contribution in [0.1, 0.15) is 21.5 Å². The third-order valence-corrected chi connectivity index (χ3v) is 3.07. The Balaban J connectivity index is 2.11. The lowest BCUT2D eigenvalue weighted by Gasteiger charge is -2.09. The molecule has 0 heterocycles. The summed E-state index contributed by atoms with van der Waals surface area (Å²) in [4.78, 5) is 12.0. The molecule has 0 aliphatic carbocycles. The van der Waals surface area contributed by atoms with Crippen molar-refractivity contribution in [1.29, 1.82) is 0 Å². The molecule has 4 nitrogen and oxygen atoms in total. The van der Waals surface area contributed by atoms with E-state index in [9.17, 15) is 9.18 Å². The molecule has 2 N–H and O–H groups in total. The van der Waals surface area contributed by atoms with E-state index in [0.29, 0.717) is 22.6 Å². The average Bonchev–Trinajstić information content (AvgIpc) is 2.47. The van der Waals surface area contributed by atoms with Crippen LogP contribution >= 0.6 is 0 Å². The summed E-state index contributed by atoms with van der Waals surface area (Å²) < 4.78 is 23.4. The summed E-state index contributed by atoms with van der Waals surface area (Å²) in [5.41, 5.74) is 7.87. The third kappa shape index (κ3) is 3.72. The molecule has 110 valence electrons. The first-order chi connectivity index (χ1) is 9.99. The van der Waals surface area contributed by atoms with Crippen molar-refractivity contribution in [3.05, 3.63) is 58.9 Å². The van der Waals surface area contributed by atoms with Gasteiger partial charge >= 0.3 is 5.97 Å². The SMILES string of the molecule is COc1cc(N)cc(C(=O)OCc2cc(F)ccc2C)c1. The second kappa shape index (κ2) is 6.26. The van der Waals surface area contributed by atoms with Crippen LogP contribution < -0.4 is 10.5 Å². The molecule has 0 aromatic heterocycles. The van der Waals surface area contributed by atoms with Crippen LogP contribution in [-0.4, -0.2) is 13.1 Å². The van der Waals surface area contributed by atoms with Crippen LogP contribution in [0.5, 0.6) is 5.75 Å². The van der Waals surface area contributed by atoms with E-state index >= 15 is 0 Å². The summed E-state index contributed by atoms with van der Waals surface area (Å²) in [7, 11) is 1.49. The maximum atomic E-state index is 13.2. The molecule has 0 spiro atoms. The van der Waals surface area contributed by atoms with Crippen LogP contribution in [-0.2, 0) is 11.3 Å². The lowest BCUT2D eigenvalue weighted by Crippen LogP contribution is -2.07. The average molecular weight is 289 g/mol. The number of nitrogens with two attached hydrogens (primary N) is 1. The van der Waals surface area contributed by atoms with E-state index in [1.807, 2.05) is 6.92 Å². The molecule has 21 heavy (non-hydrogen) atoms. The molecular weight excluding hydrogens is 273 g/mol. The summed E-state index contributed by atoms with van der Waals surface area (Å²) in [5.74, 6) is -0.426. The van der Waals surface area contributed by atoms with Crippen molar-refractivity contribution in [3.8, 4) is 5.75 Å². The fourth-order valence-electron chi connectivity index (χ4n) is 1.88. The maximum Gasteiger partial charge on any atom is 0.338 e. The second-order valence-electron chi connectivity index (χ2n) is 4.64. The number of hydrogen-bond donors (Lipinski definition) is 1. The number of nitrogen functional groups attached to an aromatic ring is 1. The number of rotatable bonds is 4. The summed E-state index contributed by atoms with van der Waals surface area (Å²) in [5, 5.41) is 0. The Morgan fingerprint density at radius 1 is 1.24 bits per heavy atom. The molecule has 2 aromatic carbocycles. The van der Waals surface area contributed by atoms with Crippen LogP contribution in [0.15, 0.2) is 36.4 Å². The highest BCUT2D eigenvalue weighted by Crippen LogP contribution is 2.20. The number of ether oxygens (including phenoxy) is 2. The van der Waals surface area contributed by atoms with Crippen molar-refractivity contribution >= 4 is 11.7 Å². The van der Waals surface area contributed by atoms with E-state index in [0.717, 1.165) is 5.56 Å². The lowest BCUT2D eigenvalue weighted by molar-refractivity contribution is 0.0471. The zero-order valence-electron chi connectivity index (χ0n) is 11.9. The van der Waals surface area contributed by atoms with Gasteiger partial charge in [-0.3, -0.25) is 0 Å². The number of carbonyl (C=O) groups is 1. The highest BCUT2D eigenvalue weighted by Gasteiger charge is 2.11. The maximum absolute atomic E-state index is 13.2. The summed E-state index contributed by atoms with van der Waals surface area (Å²) in [6, 6.07) is 9.00. The molecule has 5 heteroatoms. The topological polar surface area (TPSA) is 61.5 Å². The fraction of sp³-hybridized carbons (Fsp3) is 0.188. The number of aryl methyl sites for hydroxylation is 1. The Hall–Kier alpha value is -2.56. The number of halogens is 1. The molecule has 0 saturated carbocycles. The molecule has 0 radical (unpaired) electrons. The summed E-state index contributed by atoms with van der Waals surface area (Å²) in [6.45, 7) is 1.83. The van der Waals surface area contributed by atoms with Crippen LogP contribution in [0.4, 0.5) is 10.1 Å². The van der Waals surface area contributed by atoms with Gasteiger partial charge in [-0.15, -0.1) is 0 Å². The normalized spacial score (nSPS) is 10.2. The molecule has 0 saturated heterocycles. The van der Waals surface area contributed by atoms with Crippen LogP contribution in [0.2, 0.25) is 0 Å². The fourth-order valence-corrected chi connectivity index (χ4v) is 1.88. The van der Waals surface area contributed by atoms with Gasteiger partial charge in [-0.1, -0.05) is 6.07 Å². The first-order valence-corrected chi connectivity index (χ1v) is 6.36. The molecule has 2 rings (SSSR count). The number of hydrogen-bond acceptors (Lipinski definition) is 4. The summed E-state index contributed by atoms with van der Waals surface area (Å²) >= 11 is 0. The Morgan fingerprint density at radius 2 is 2.00 bits per heavy atom. The van der Waals surface area contributed by atoms with E-state index in [1.54, 1.807) is 12.1 Å². The van der Waals surface area contributed by atoms with Crippen molar-refractivity contribution in [2.75, 3.05) is 12.8 Å². The van der Waals surface area contributed by atoms with Gasteiger partial charge in [0, 0.05) is 11.8 Å². The van der Waals surface area contributed by atoms with Gasteiger partial charge in [-0.25, -0.2) is 9.18 Å². The molecule has 0 unspecified atom stereocenters. The zero-order chi connectivity index (χ0) is 15.4. The van der Waals surface area contributed by atoms with Gasteiger partial charge in [-0.2, -0.15) is 0 Å². The largest absolute Gasteiger partial charge is 0.497 e. The van der Waals surface area contributed by atoms with Gasteiger partial charge in [0.15, 0.2) is 0 Å². The second-order valence-corrected chi connectivity index (χ2v) is 4.64. The van der Waals surface area contributed by atoms with Crippen molar-refractivity contribution in [1.82, 2.24) is 0 Å². The molecular formula is C16H16FNO3. The highest BCUT2D eigenvalue weighted by molar-refractivity contribution is 5.91. The Kier molecular flexibility index (Phi) is 4.42. The third-order valence-electron chi connectivity index (χ3n) is 3.07. The monoisotopic (exact) mass is 289 g/mol. The first-order valence-electron chi connectivity index (χ1n) is 6.36. The lowest BCUT2D eigenvalue weighted by atomic mass is 10.1. The van der Waals surface area contributed by atoms with Crippen LogP contribution in [0.3, 0.4) is 0 Å². The molecule has 2 aromatic rings. The smallest absolute Gasteiger partial charge is 0.338 e. The van der Waals surface area contributed by atoms with Crippen molar-refractivity contribution in [3.63, 3.8) is 0 Å². The van der Waals surface area contributed by atoms with Crippen LogP contribution in [0, 0.1) is 12.7 Å². The van der Waals surface area contributed by atoms with E-state index in [2.05, 4.69) is 0 Å². The van der Waals surface area contributed by atoms with E-state index in [-0.39, 0.29) is 12.4 Å². The minimum Gasteiger partial charge on any atom is -0.497 e. The number of carbonyl (C=O) groups excluding carboxylic acids is 1. The summed E-state index contributed by atoms with van der Waals surface area (Å²) in [6.07, 6.45) is 0. The molecule has 0 atom stereocenters. The zero-order valence-corrected chi connectivity index (χ0v) is 11.9. The molecule has 0 aliphatic heterocycles. The van der Waals surface area contributed by atoms with Gasteiger partial charge < -0.3 is 15.2 Å². The number of anilines is 1. The van der Waals surface area contributed by atoms with Gasteiger partial charge in [0.2, 0.25) is 0 Å². The number of esters is 1. The highest BCUT2D eigenvalue weighted by atomic mass is 19.1. The van der Waals surface area contributed by atoms with E-state index in [4.69, 9.17) is 15.2 Å². The standard InChI is InChI=1S/C16H16FNO3/c1-10-3-4-13(17)5-12(10)9-21-16(19)11-6-14(18)8-15(7-11)20-2/h3-8H,9,18H2,1-2H3. The van der Waals surface area contributed by atoms with Gasteiger partial charge in [0.1, 0.15) is 18.2 Å². The first kappa shape index (κ1) is 14.8. The Bertz CT molecular complexity index is 671. The predicted octanol–water partition coefficient (Wildman–Crippen LogP) is 3.08. The molecule has 0 fully saturated rings. The van der Waals surface area contributed by atoms with Crippen molar-refractivity contribution in [2.24, 2.45) is 0 Å². The number of benzene rings is 2. The van der Waals surface area contributed by atoms with Gasteiger partial charge in [0.25, 0.3) is 0 Å². The molecule has 0 amide bonds. The predicted molar refractivity (Wildman–Crippen MR) is 77.7 cm³/mol. The minimum absolute atomic E-state index is 0.000455. The van der Waals surface area contributed by atoms with E-state index < -0.39 is 5.97 Å².